The van der Waals surface area contributed by atoms with Gasteiger partial charge < -0.3 is 34.5 Å². The number of H-pyrrole nitrogens is 1. The van der Waals surface area contributed by atoms with Crippen molar-refractivity contribution in [3.63, 3.8) is 0 Å². The zero-order valence-electron chi connectivity index (χ0n) is 13.8. The molecule has 26 heavy (non-hydrogen) atoms. The number of hydrogen-bond donors (Lipinski definition) is 5. The molecule has 4 atom stereocenters. The standard InChI is InChI=1S/C12H19N4O9P/c1-14-4-16(10-6(14)9(19)13-12(20)15(10)2)11-8(18)7(17)5(25-11)3-24-26(21,22)23/h5,7-8,11,17-18H,3-4H2,1-2H3,(H,13,19,20)(H2,21,22,23)/t5-,7-,8-,11-/m1/s1. The number of nitrogens with zero attached hydrogens (tertiary/aromatic N) is 3. The van der Waals surface area contributed by atoms with Crippen molar-refractivity contribution in [2.75, 3.05) is 30.1 Å². The van der Waals surface area contributed by atoms with E-state index in [1.807, 2.05) is 0 Å². The molecule has 1 fully saturated rings. The average molecular weight is 394 g/mol. The minimum Gasteiger partial charge on any atom is -0.387 e. The Kier molecular flexibility index (Phi) is 4.73. The molecule has 1 aromatic heterocycles. The highest BCUT2D eigenvalue weighted by Gasteiger charge is 2.49. The zero-order chi connectivity index (χ0) is 19.4. The highest BCUT2D eigenvalue weighted by atomic mass is 31.2. The Bertz CT molecular complexity index is 863. The molecule has 146 valence electrons. The Balaban J connectivity index is 1.91. The van der Waals surface area contributed by atoms with Gasteiger partial charge in [0.15, 0.2) is 6.23 Å². The maximum absolute atomic E-state index is 12.1. The van der Waals surface area contributed by atoms with Gasteiger partial charge in [0, 0.05) is 14.1 Å². The van der Waals surface area contributed by atoms with Crippen molar-refractivity contribution < 1.29 is 33.8 Å². The number of fused-ring (bicyclic) bond motifs is 1. The normalized spacial score (nSPS) is 28.7. The van der Waals surface area contributed by atoms with Crippen molar-refractivity contribution in [2.24, 2.45) is 7.05 Å². The SMILES string of the molecule is CN1CN([C@@H]2O[C@H](COP(=O)(O)O)[C@@H](O)[C@H]2O)c2c1c(=O)[nH]c(=O)n2C. The molecule has 14 heteroatoms. The van der Waals surface area contributed by atoms with Gasteiger partial charge in [-0.1, -0.05) is 0 Å². The van der Waals surface area contributed by atoms with E-state index in [1.54, 1.807) is 7.05 Å². The Morgan fingerprint density at radius 1 is 1.27 bits per heavy atom. The summed E-state index contributed by atoms with van der Waals surface area (Å²) in [5, 5.41) is 20.4. The second-order valence-electron chi connectivity index (χ2n) is 6.13. The summed E-state index contributed by atoms with van der Waals surface area (Å²) < 4.78 is 21.8. The Morgan fingerprint density at radius 3 is 2.54 bits per heavy atom. The van der Waals surface area contributed by atoms with Crippen molar-refractivity contribution in [3.8, 4) is 0 Å². The van der Waals surface area contributed by atoms with Gasteiger partial charge in [0.1, 0.15) is 29.8 Å². The first kappa shape index (κ1) is 19.0. The molecule has 0 amide bonds. The second kappa shape index (κ2) is 6.46. The number of aliphatic hydroxyl groups is 2. The number of ether oxygens (including phenoxy) is 1. The van der Waals surface area contributed by atoms with E-state index in [0.717, 1.165) is 0 Å². The van der Waals surface area contributed by atoms with Gasteiger partial charge in [-0.3, -0.25) is 18.9 Å². The van der Waals surface area contributed by atoms with Crippen molar-refractivity contribution in [2.45, 2.75) is 24.5 Å². The van der Waals surface area contributed by atoms with Gasteiger partial charge in [-0.15, -0.1) is 0 Å². The Hall–Kier alpha value is -1.73. The largest absolute Gasteiger partial charge is 0.469 e. The van der Waals surface area contributed by atoms with E-state index in [1.165, 1.54) is 21.4 Å². The molecule has 0 radical (unpaired) electrons. The fraction of sp³-hybridized carbons (Fsp3) is 0.667. The van der Waals surface area contributed by atoms with E-state index >= 15 is 0 Å². The van der Waals surface area contributed by atoms with Crippen LogP contribution in [0, 0.1) is 0 Å². The van der Waals surface area contributed by atoms with Crippen LogP contribution in [0.5, 0.6) is 0 Å². The molecule has 0 saturated carbocycles. The average Bonchev–Trinajstić information content (AvgIpc) is 3.01. The molecule has 0 bridgehead atoms. The number of aromatic nitrogens is 2. The molecular weight excluding hydrogens is 375 g/mol. The summed E-state index contributed by atoms with van der Waals surface area (Å²) in [5.74, 6) is 0.189. The molecule has 0 aromatic carbocycles. The van der Waals surface area contributed by atoms with Crippen LogP contribution in [0.1, 0.15) is 0 Å². The van der Waals surface area contributed by atoms with Gasteiger partial charge in [-0.05, 0) is 0 Å². The molecule has 3 heterocycles. The van der Waals surface area contributed by atoms with E-state index in [0.29, 0.717) is 0 Å². The van der Waals surface area contributed by atoms with Crippen molar-refractivity contribution in [1.82, 2.24) is 9.55 Å². The quantitative estimate of drug-likeness (QED) is 0.326. The fourth-order valence-electron chi connectivity index (χ4n) is 3.13. The highest BCUT2D eigenvalue weighted by Crippen LogP contribution is 2.39. The minimum atomic E-state index is -4.78. The number of rotatable bonds is 4. The Labute approximate surface area is 146 Å². The molecule has 13 nitrogen and oxygen atoms in total. The van der Waals surface area contributed by atoms with Crippen LogP contribution in [0.25, 0.3) is 0 Å². The van der Waals surface area contributed by atoms with Gasteiger partial charge >= 0.3 is 13.5 Å². The highest BCUT2D eigenvalue weighted by molar-refractivity contribution is 7.46. The van der Waals surface area contributed by atoms with Crippen LogP contribution >= 0.6 is 7.82 Å². The number of anilines is 2. The van der Waals surface area contributed by atoms with E-state index in [4.69, 9.17) is 14.5 Å². The van der Waals surface area contributed by atoms with Gasteiger partial charge in [-0.2, -0.15) is 0 Å². The molecular formula is C12H19N4O9P. The summed E-state index contributed by atoms with van der Waals surface area (Å²) in [5.41, 5.74) is -1.08. The number of phosphoric ester groups is 1. The third-order valence-electron chi connectivity index (χ3n) is 4.34. The summed E-state index contributed by atoms with van der Waals surface area (Å²) in [7, 11) is -1.75. The van der Waals surface area contributed by atoms with Gasteiger partial charge in [0.2, 0.25) is 0 Å². The monoisotopic (exact) mass is 394 g/mol. The molecule has 0 unspecified atom stereocenters. The maximum atomic E-state index is 12.1. The molecule has 2 aliphatic rings. The van der Waals surface area contributed by atoms with Gasteiger partial charge in [-0.25, -0.2) is 9.36 Å². The molecule has 3 rings (SSSR count). The van der Waals surface area contributed by atoms with Crippen LogP contribution in [-0.2, 0) is 20.9 Å². The third kappa shape index (κ3) is 3.18. The molecule has 0 aliphatic carbocycles. The van der Waals surface area contributed by atoms with Crippen molar-refractivity contribution in [1.29, 1.82) is 0 Å². The lowest BCUT2D eigenvalue weighted by Gasteiger charge is -2.28. The van der Waals surface area contributed by atoms with Crippen molar-refractivity contribution in [3.05, 3.63) is 20.8 Å². The van der Waals surface area contributed by atoms with E-state index in [-0.39, 0.29) is 18.2 Å². The van der Waals surface area contributed by atoms with E-state index < -0.39 is 50.2 Å². The Morgan fingerprint density at radius 2 is 1.92 bits per heavy atom. The topological polar surface area (TPSA) is 178 Å². The van der Waals surface area contributed by atoms with Crippen LogP contribution in [0.15, 0.2) is 9.59 Å². The summed E-state index contributed by atoms with van der Waals surface area (Å²) in [4.78, 5) is 46.6. The van der Waals surface area contributed by atoms with Crippen LogP contribution in [0.4, 0.5) is 11.5 Å². The molecule has 1 aromatic rings. The first-order valence-electron chi connectivity index (χ1n) is 7.54. The van der Waals surface area contributed by atoms with E-state index in [2.05, 4.69) is 9.51 Å². The summed E-state index contributed by atoms with van der Waals surface area (Å²) >= 11 is 0. The third-order valence-corrected chi connectivity index (χ3v) is 4.82. The predicted molar refractivity (Wildman–Crippen MR) is 86.7 cm³/mol. The number of phosphoric acid groups is 1. The number of nitrogens with one attached hydrogen (secondary N) is 1. The van der Waals surface area contributed by atoms with Crippen LogP contribution in [0.3, 0.4) is 0 Å². The summed E-state index contributed by atoms with van der Waals surface area (Å²) in [6.07, 6.45) is -5.32. The molecule has 0 spiro atoms. The molecule has 2 aliphatic heterocycles. The van der Waals surface area contributed by atoms with Crippen LogP contribution in [0.2, 0.25) is 0 Å². The molecule has 1 saturated heterocycles. The van der Waals surface area contributed by atoms with Gasteiger partial charge in [0.25, 0.3) is 5.56 Å². The number of hydrogen-bond acceptors (Lipinski definition) is 9. The summed E-state index contributed by atoms with van der Waals surface area (Å²) in [6, 6.07) is 0. The minimum absolute atomic E-state index is 0.0796. The van der Waals surface area contributed by atoms with Crippen LogP contribution in [-0.4, -0.2) is 74.4 Å². The van der Waals surface area contributed by atoms with E-state index in [9.17, 15) is 24.4 Å². The van der Waals surface area contributed by atoms with Crippen LogP contribution < -0.4 is 21.0 Å². The lowest BCUT2D eigenvalue weighted by Crippen LogP contribution is -2.46. The molecule has 5 N–H and O–H groups in total. The maximum Gasteiger partial charge on any atom is 0.469 e. The first-order chi connectivity index (χ1) is 12.0. The predicted octanol–water partition coefficient (Wildman–Crippen LogP) is -3.16. The number of aromatic amines is 1. The lowest BCUT2D eigenvalue weighted by atomic mass is 10.1. The zero-order valence-corrected chi connectivity index (χ0v) is 14.7. The van der Waals surface area contributed by atoms with Gasteiger partial charge in [0.05, 0.1) is 13.3 Å². The van der Waals surface area contributed by atoms with Crippen molar-refractivity contribution >= 4 is 19.3 Å². The summed E-state index contributed by atoms with van der Waals surface area (Å²) in [6.45, 7) is -0.569. The first-order valence-corrected chi connectivity index (χ1v) is 9.07. The fourth-order valence-corrected chi connectivity index (χ4v) is 3.47. The smallest absolute Gasteiger partial charge is 0.387 e. The lowest BCUT2D eigenvalue weighted by molar-refractivity contribution is -0.0219. The number of aliphatic hydroxyl groups excluding tert-OH is 2. The second-order valence-corrected chi connectivity index (χ2v) is 7.37.